The minimum absolute atomic E-state index is 0.0661. The summed E-state index contributed by atoms with van der Waals surface area (Å²) < 4.78 is 0. The number of aliphatic hydroxyl groups is 1. The average molecular weight is 431 g/mol. The quantitative estimate of drug-likeness (QED) is 0.579. The van der Waals surface area contributed by atoms with Crippen molar-refractivity contribution in [2.75, 3.05) is 18.0 Å². The molecule has 0 radical (unpaired) electrons. The Hall–Kier alpha value is -3.36. The summed E-state index contributed by atoms with van der Waals surface area (Å²) in [6.45, 7) is 1.47. The second-order valence-electron chi connectivity index (χ2n) is 8.59. The number of anilines is 1. The number of fused-ring (bicyclic) bond motifs is 1. The van der Waals surface area contributed by atoms with Gasteiger partial charge in [-0.3, -0.25) is 0 Å². The molecule has 2 aromatic heterocycles. The maximum Gasteiger partial charge on any atom is 0.345 e. The Morgan fingerprint density at radius 1 is 1.19 bits per heavy atom. The molecular weight excluding hydrogens is 404 g/mol. The van der Waals surface area contributed by atoms with Gasteiger partial charge in [-0.05, 0) is 54.0 Å². The van der Waals surface area contributed by atoms with Crippen LogP contribution in [0.15, 0.2) is 47.5 Å². The number of nitrogens with two attached hydrogens (primary N) is 1. The fourth-order valence-corrected chi connectivity index (χ4v) is 5.01. The van der Waals surface area contributed by atoms with Gasteiger partial charge in [0.1, 0.15) is 5.69 Å². The molecule has 8 heteroatoms. The molecule has 5 rings (SSSR count). The molecule has 0 bridgehead atoms. The highest BCUT2D eigenvalue weighted by atomic mass is 16.3. The molecule has 1 aromatic carbocycles. The van der Waals surface area contributed by atoms with Crippen molar-refractivity contribution in [2.24, 2.45) is 11.1 Å². The number of piperidine rings is 1. The van der Waals surface area contributed by atoms with E-state index < -0.39 is 5.69 Å². The van der Waals surface area contributed by atoms with E-state index in [1.807, 2.05) is 0 Å². The van der Waals surface area contributed by atoms with E-state index in [0.717, 1.165) is 38.2 Å². The normalized spacial score (nSPS) is 19.6. The highest BCUT2D eigenvalue weighted by Gasteiger charge is 2.46. The molecule has 8 nitrogen and oxygen atoms in total. The van der Waals surface area contributed by atoms with E-state index in [1.165, 1.54) is 17.3 Å². The average Bonchev–Trinajstić information content (AvgIpc) is 3.09. The van der Waals surface area contributed by atoms with E-state index in [0.29, 0.717) is 17.1 Å². The van der Waals surface area contributed by atoms with Crippen molar-refractivity contribution in [3.05, 3.63) is 81.4 Å². The standard InChI is InChI=1S/C24H26N6O2/c25-21-19-4-2-1-3-16(19)13-24(21)8-11-30(12-9-24)22-20(15-31)28-18(14-27-22)6-5-17-7-10-26-23(32)29-17/h1-7,10,14,21,31H,8-9,11-13,15,25H2,(H,26,29,32). The molecule has 1 aliphatic heterocycles. The van der Waals surface area contributed by atoms with Crippen LogP contribution in [0, 0.1) is 5.41 Å². The van der Waals surface area contributed by atoms with Gasteiger partial charge >= 0.3 is 5.69 Å². The zero-order chi connectivity index (χ0) is 22.1. The Kier molecular flexibility index (Phi) is 5.32. The van der Waals surface area contributed by atoms with Crippen LogP contribution < -0.4 is 16.3 Å². The molecule has 3 heterocycles. The summed E-state index contributed by atoms with van der Waals surface area (Å²) in [4.78, 5) is 28.9. The Bertz CT molecular complexity index is 1210. The van der Waals surface area contributed by atoms with E-state index in [9.17, 15) is 9.90 Å². The number of rotatable bonds is 4. The van der Waals surface area contributed by atoms with Crippen molar-refractivity contribution in [3.8, 4) is 0 Å². The topological polar surface area (TPSA) is 121 Å². The molecule has 32 heavy (non-hydrogen) atoms. The maximum absolute atomic E-state index is 11.3. The highest BCUT2D eigenvalue weighted by molar-refractivity contribution is 5.66. The Balaban J connectivity index is 1.31. The third-order valence-electron chi connectivity index (χ3n) is 6.77. The first-order valence-corrected chi connectivity index (χ1v) is 10.9. The second-order valence-corrected chi connectivity index (χ2v) is 8.59. The summed E-state index contributed by atoms with van der Waals surface area (Å²) >= 11 is 0. The third kappa shape index (κ3) is 3.72. The first-order valence-electron chi connectivity index (χ1n) is 10.9. The van der Waals surface area contributed by atoms with Crippen molar-refractivity contribution in [2.45, 2.75) is 31.9 Å². The van der Waals surface area contributed by atoms with Gasteiger partial charge in [0.2, 0.25) is 0 Å². The maximum atomic E-state index is 11.3. The van der Waals surface area contributed by atoms with Gasteiger partial charge in [0.05, 0.1) is 18.5 Å². The molecule has 3 aromatic rings. The molecule has 1 fully saturated rings. The molecule has 164 valence electrons. The van der Waals surface area contributed by atoms with Crippen LogP contribution in [0.4, 0.5) is 5.82 Å². The van der Waals surface area contributed by atoms with Gasteiger partial charge in [-0.2, -0.15) is 0 Å². The van der Waals surface area contributed by atoms with Crippen molar-refractivity contribution in [3.63, 3.8) is 0 Å². The predicted octanol–water partition coefficient (Wildman–Crippen LogP) is 2.07. The number of aromatic amines is 1. The summed E-state index contributed by atoms with van der Waals surface area (Å²) in [6, 6.07) is 10.3. The number of aromatic nitrogens is 4. The van der Waals surface area contributed by atoms with Crippen molar-refractivity contribution in [1.29, 1.82) is 0 Å². The molecule has 1 saturated heterocycles. The Morgan fingerprint density at radius 2 is 2.00 bits per heavy atom. The fourth-order valence-electron chi connectivity index (χ4n) is 5.01. The molecule has 1 spiro atoms. The SMILES string of the molecule is NC1c2ccccc2CC12CCN(c1ncc(C=Cc3ccnc(=O)[nH]3)nc1CO)CC2. The van der Waals surface area contributed by atoms with Crippen LogP contribution >= 0.6 is 0 Å². The van der Waals surface area contributed by atoms with Gasteiger partial charge < -0.3 is 20.7 Å². The lowest BCUT2D eigenvalue weighted by atomic mass is 9.73. The summed E-state index contributed by atoms with van der Waals surface area (Å²) in [5.74, 6) is 0.723. The minimum Gasteiger partial charge on any atom is -0.390 e. The van der Waals surface area contributed by atoms with E-state index >= 15 is 0 Å². The molecule has 2 aliphatic rings. The van der Waals surface area contributed by atoms with Crippen molar-refractivity contribution < 1.29 is 5.11 Å². The van der Waals surface area contributed by atoms with Gasteiger partial charge in [0, 0.05) is 31.0 Å². The molecule has 4 N–H and O–H groups in total. The summed E-state index contributed by atoms with van der Waals surface area (Å²) in [7, 11) is 0. The monoisotopic (exact) mass is 430 g/mol. The smallest absolute Gasteiger partial charge is 0.345 e. The van der Waals surface area contributed by atoms with Crippen molar-refractivity contribution in [1.82, 2.24) is 19.9 Å². The number of aliphatic hydroxyl groups excluding tert-OH is 1. The zero-order valence-electron chi connectivity index (χ0n) is 17.7. The van der Waals surface area contributed by atoms with Crippen LogP contribution in [0.2, 0.25) is 0 Å². The van der Waals surface area contributed by atoms with Crippen molar-refractivity contribution >= 4 is 18.0 Å². The van der Waals surface area contributed by atoms with Crippen LogP contribution in [-0.4, -0.2) is 38.1 Å². The molecule has 1 atom stereocenters. The second kappa shape index (κ2) is 8.29. The van der Waals surface area contributed by atoms with E-state index in [-0.39, 0.29) is 18.1 Å². The fraction of sp³-hybridized carbons (Fsp3) is 0.333. The highest BCUT2D eigenvalue weighted by Crippen LogP contribution is 2.50. The van der Waals surface area contributed by atoms with Crippen LogP contribution in [0.25, 0.3) is 12.2 Å². The lowest BCUT2D eigenvalue weighted by molar-refractivity contribution is 0.186. The first kappa shape index (κ1) is 20.5. The van der Waals surface area contributed by atoms with Crippen LogP contribution in [0.1, 0.15) is 47.1 Å². The summed E-state index contributed by atoms with van der Waals surface area (Å²) in [5, 5.41) is 9.93. The molecule has 0 saturated carbocycles. The van der Waals surface area contributed by atoms with Gasteiger partial charge in [0.25, 0.3) is 0 Å². The van der Waals surface area contributed by atoms with Crippen LogP contribution in [-0.2, 0) is 13.0 Å². The molecule has 1 aliphatic carbocycles. The Labute approximate surface area is 185 Å². The van der Waals surface area contributed by atoms with Crippen LogP contribution in [0.3, 0.4) is 0 Å². The summed E-state index contributed by atoms with van der Waals surface area (Å²) in [6.07, 6.45) is 9.60. The van der Waals surface area contributed by atoms with Crippen LogP contribution in [0.5, 0.6) is 0 Å². The third-order valence-corrected chi connectivity index (χ3v) is 6.77. The number of hydrogen-bond acceptors (Lipinski definition) is 7. The number of benzene rings is 1. The summed E-state index contributed by atoms with van der Waals surface area (Å²) in [5.41, 5.74) is 10.8. The number of hydrogen-bond donors (Lipinski definition) is 3. The number of nitrogens with zero attached hydrogens (tertiary/aromatic N) is 4. The van der Waals surface area contributed by atoms with Gasteiger partial charge in [-0.1, -0.05) is 24.3 Å². The van der Waals surface area contributed by atoms with Gasteiger partial charge in [0.15, 0.2) is 5.82 Å². The largest absolute Gasteiger partial charge is 0.390 e. The van der Waals surface area contributed by atoms with Gasteiger partial charge in [-0.15, -0.1) is 0 Å². The molecular formula is C24H26N6O2. The lowest BCUT2D eigenvalue weighted by Crippen LogP contribution is -2.45. The number of H-pyrrole nitrogens is 1. The first-order chi connectivity index (χ1) is 15.6. The van der Waals surface area contributed by atoms with E-state index in [2.05, 4.69) is 49.1 Å². The number of nitrogens with one attached hydrogen (secondary N) is 1. The van der Waals surface area contributed by atoms with E-state index in [1.54, 1.807) is 24.4 Å². The predicted molar refractivity (Wildman–Crippen MR) is 123 cm³/mol. The lowest BCUT2D eigenvalue weighted by Gasteiger charge is -2.42. The van der Waals surface area contributed by atoms with Gasteiger partial charge in [-0.25, -0.2) is 19.7 Å². The van der Waals surface area contributed by atoms with E-state index in [4.69, 9.17) is 5.73 Å². The zero-order valence-corrected chi connectivity index (χ0v) is 17.7. The minimum atomic E-state index is -0.405. The molecule has 0 amide bonds. The molecule has 1 unspecified atom stereocenters. The Morgan fingerprint density at radius 3 is 2.75 bits per heavy atom.